The largest absolute Gasteiger partial charge is 0.384 e. The Kier molecular flexibility index (Phi) is 11.4. The first kappa shape index (κ1) is 32.3. The lowest BCUT2D eigenvalue weighted by Crippen LogP contribution is -2.58. The van der Waals surface area contributed by atoms with E-state index in [1.165, 1.54) is 11.0 Å². The topological polar surface area (TPSA) is 236 Å². The average molecular weight is 590 g/mol. The number of carbonyl (C=O) groups excluding carboxylic acids is 4. The van der Waals surface area contributed by atoms with Crippen molar-refractivity contribution in [1.82, 2.24) is 15.5 Å². The van der Waals surface area contributed by atoms with Gasteiger partial charge in [0.2, 0.25) is 23.6 Å². The maximum atomic E-state index is 14.2. The number of hydrogen-bond acceptors (Lipinski definition) is 6. The van der Waals surface area contributed by atoms with Crippen LogP contribution in [-0.4, -0.2) is 65.5 Å². The van der Waals surface area contributed by atoms with E-state index in [0.29, 0.717) is 17.5 Å². The third kappa shape index (κ3) is 8.89. The normalized spacial score (nSPS) is 15.3. The molecule has 43 heavy (non-hydrogen) atoms. The number of fused-ring (bicyclic) bond motifs is 1. The van der Waals surface area contributed by atoms with Gasteiger partial charge in [0.25, 0.3) is 0 Å². The van der Waals surface area contributed by atoms with Gasteiger partial charge in [0, 0.05) is 31.6 Å². The molecule has 2 aromatic rings. The summed E-state index contributed by atoms with van der Waals surface area (Å²) in [6.45, 7) is 4.11. The molecule has 1 aliphatic rings. The maximum Gasteiger partial charge on any atom is 0.243 e. The number of aliphatic imine (C=N–C) groups is 1. The second-order valence-electron chi connectivity index (χ2n) is 10.3. The Labute approximate surface area is 250 Å². The first-order valence-corrected chi connectivity index (χ1v) is 13.9. The minimum atomic E-state index is -1.17. The minimum absolute atomic E-state index is 0.0428. The van der Waals surface area contributed by atoms with Crippen LogP contribution in [0, 0.1) is 11.3 Å². The van der Waals surface area contributed by atoms with Crippen molar-refractivity contribution < 1.29 is 19.2 Å². The Balaban J connectivity index is 1.91. The van der Waals surface area contributed by atoms with Crippen molar-refractivity contribution >= 4 is 35.4 Å². The van der Waals surface area contributed by atoms with Gasteiger partial charge in [0.05, 0.1) is 0 Å². The first-order valence-electron chi connectivity index (χ1n) is 13.9. The summed E-state index contributed by atoms with van der Waals surface area (Å²) in [6.07, 6.45) is 2.31. The summed E-state index contributed by atoms with van der Waals surface area (Å²) < 4.78 is 0. The Bertz CT molecular complexity index is 1390. The zero-order chi connectivity index (χ0) is 31.5. The molecule has 1 heterocycles. The number of primary amides is 1. The third-order valence-corrected chi connectivity index (χ3v) is 7.18. The zero-order valence-corrected chi connectivity index (χ0v) is 23.9. The lowest BCUT2D eigenvalue weighted by Gasteiger charge is -2.38. The van der Waals surface area contributed by atoms with E-state index in [4.69, 9.17) is 28.3 Å². The number of nitrogen functional groups attached to an aromatic ring is 1. The molecular formula is C30H39N9O4. The van der Waals surface area contributed by atoms with Gasteiger partial charge in [-0.05, 0) is 36.0 Å². The van der Waals surface area contributed by atoms with Crippen LogP contribution in [0.1, 0.15) is 35.1 Å². The molecular weight excluding hydrogens is 550 g/mol. The molecule has 13 nitrogen and oxygen atoms in total. The highest BCUT2D eigenvalue weighted by atomic mass is 16.2. The summed E-state index contributed by atoms with van der Waals surface area (Å²) in [5, 5.41) is 13.0. The van der Waals surface area contributed by atoms with Crippen LogP contribution in [0.3, 0.4) is 0 Å². The summed E-state index contributed by atoms with van der Waals surface area (Å²) in [7, 11) is 0. The van der Waals surface area contributed by atoms with E-state index in [1.807, 2.05) is 24.3 Å². The Morgan fingerprint density at radius 3 is 2.33 bits per heavy atom. The third-order valence-electron chi connectivity index (χ3n) is 7.18. The monoisotopic (exact) mass is 589 g/mol. The number of amides is 4. The molecule has 228 valence electrons. The molecule has 3 atom stereocenters. The minimum Gasteiger partial charge on any atom is -0.384 e. The average Bonchev–Trinajstić information content (AvgIpc) is 2.98. The molecule has 0 fully saturated rings. The Hall–Kier alpha value is -5.20. The summed E-state index contributed by atoms with van der Waals surface area (Å²) in [4.78, 5) is 58.6. The van der Waals surface area contributed by atoms with Crippen LogP contribution in [0.2, 0.25) is 0 Å². The molecule has 0 spiro atoms. The van der Waals surface area contributed by atoms with Gasteiger partial charge in [0.15, 0.2) is 5.96 Å². The number of nitrogens with one attached hydrogen (secondary N) is 3. The van der Waals surface area contributed by atoms with Gasteiger partial charge in [-0.3, -0.25) is 29.6 Å². The smallest absolute Gasteiger partial charge is 0.243 e. The predicted octanol–water partition coefficient (Wildman–Crippen LogP) is -0.591. The van der Waals surface area contributed by atoms with Crippen LogP contribution < -0.4 is 33.6 Å². The lowest BCUT2D eigenvalue weighted by molar-refractivity contribution is -0.149. The Morgan fingerprint density at radius 1 is 1.05 bits per heavy atom. The molecule has 13 heteroatoms. The molecule has 0 aromatic heterocycles. The van der Waals surface area contributed by atoms with Crippen molar-refractivity contribution in [3.63, 3.8) is 0 Å². The maximum absolute atomic E-state index is 14.2. The lowest BCUT2D eigenvalue weighted by atomic mass is 9.90. The summed E-state index contributed by atoms with van der Waals surface area (Å²) >= 11 is 0. The first-order chi connectivity index (χ1) is 20.5. The molecule has 0 radical (unpaired) electrons. The van der Waals surface area contributed by atoms with Crippen molar-refractivity contribution in [3.05, 3.63) is 83.4 Å². The molecule has 2 aromatic carbocycles. The fourth-order valence-electron chi connectivity index (χ4n) is 4.89. The summed E-state index contributed by atoms with van der Waals surface area (Å²) in [5.41, 5.74) is 24.7. The number of benzene rings is 2. The van der Waals surface area contributed by atoms with E-state index in [1.54, 1.807) is 24.3 Å². The van der Waals surface area contributed by atoms with Crippen molar-refractivity contribution in [2.45, 2.75) is 44.3 Å². The van der Waals surface area contributed by atoms with Crippen LogP contribution in [0.5, 0.6) is 0 Å². The van der Waals surface area contributed by atoms with E-state index < -0.39 is 41.6 Å². The van der Waals surface area contributed by atoms with Crippen molar-refractivity contribution in [1.29, 1.82) is 5.41 Å². The van der Waals surface area contributed by atoms with Crippen LogP contribution in [0.25, 0.3) is 0 Å². The standard InChI is InChI=1S/C30H39N9O4/c1-2-13-36-27(41)22(15-18-9-11-19(12-10-18)25(31)32)29(43)39-17-21-7-4-3-6-20(21)16-24(39)28(42)38-23(26(33)40)8-5-14-37-30(34)35/h2-4,6-7,9-12,22-24H,1,5,8,13-17H2,(H3,31,32)(H2,33,40)(H,36,41)(H,38,42)(H4,34,35,37)/t22-,23-,24?/m0/s1. The number of nitrogens with two attached hydrogens (primary N) is 4. The molecule has 0 saturated carbocycles. The molecule has 3 rings (SSSR count). The number of amidine groups is 1. The van der Waals surface area contributed by atoms with Crippen LogP contribution in [0.4, 0.5) is 0 Å². The van der Waals surface area contributed by atoms with Gasteiger partial charge < -0.3 is 38.5 Å². The predicted molar refractivity (Wildman–Crippen MR) is 163 cm³/mol. The number of hydrogen-bond donors (Lipinski definition) is 7. The van der Waals surface area contributed by atoms with Crippen LogP contribution >= 0.6 is 0 Å². The van der Waals surface area contributed by atoms with Gasteiger partial charge in [-0.25, -0.2) is 0 Å². The number of guanidine groups is 1. The van der Waals surface area contributed by atoms with Crippen LogP contribution in [0.15, 0.2) is 66.2 Å². The Morgan fingerprint density at radius 2 is 1.72 bits per heavy atom. The van der Waals surface area contributed by atoms with E-state index in [-0.39, 0.29) is 50.7 Å². The molecule has 1 aliphatic heterocycles. The van der Waals surface area contributed by atoms with Gasteiger partial charge >= 0.3 is 0 Å². The highest BCUT2D eigenvalue weighted by Crippen LogP contribution is 2.26. The number of nitrogens with zero attached hydrogens (tertiary/aromatic N) is 2. The highest BCUT2D eigenvalue weighted by molar-refractivity contribution is 6.02. The van der Waals surface area contributed by atoms with Crippen molar-refractivity contribution in [3.8, 4) is 0 Å². The summed E-state index contributed by atoms with van der Waals surface area (Å²) in [6, 6.07) is 12.1. The van der Waals surface area contributed by atoms with Crippen molar-refractivity contribution in [2.24, 2.45) is 33.8 Å². The van der Waals surface area contributed by atoms with Gasteiger partial charge in [0.1, 0.15) is 23.8 Å². The molecule has 11 N–H and O–H groups in total. The SMILES string of the molecule is C=CCNC(=O)[C@H](Cc1ccc(C(=N)N)cc1)C(=O)N1Cc2ccccc2CC1C(=O)N[C@@H](CCCN=C(N)N)C(N)=O. The zero-order valence-electron chi connectivity index (χ0n) is 23.9. The fourth-order valence-corrected chi connectivity index (χ4v) is 4.89. The fraction of sp³-hybridized carbons (Fsp3) is 0.333. The van der Waals surface area contributed by atoms with E-state index >= 15 is 0 Å². The quantitative estimate of drug-likeness (QED) is 0.0496. The van der Waals surface area contributed by atoms with E-state index in [9.17, 15) is 19.2 Å². The second kappa shape index (κ2) is 15.1. The molecule has 0 saturated heterocycles. The van der Waals surface area contributed by atoms with Crippen LogP contribution in [-0.2, 0) is 38.6 Å². The van der Waals surface area contributed by atoms with E-state index in [2.05, 4.69) is 22.2 Å². The van der Waals surface area contributed by atoms with Gasteiger partial charge in [-0.1, -0.05) is 54.6 Å². The highest BCUT2D eigenvalue weighted by Gasteiger charge is 2.40. The molecule has 4 amide bonds. The summed E-state index contributed by atoms with van der Waals surface area (Å²) in [5.74, 6) is -3.73. The molecule has 0 bridgehead atoms. The molecule has 1 unspecified atom stereocenters. The second-order valence-corrected chi connectivity index (χ2v) is 10.3. The molecule has 0 aliphatic carbocycles. The number of carbonyl (C=O) groups is 4. The van der Waals surface area contributed by atoms with Gasteiger partial charge in [-0.2, -0.15) is 0 Å². The van der Waals surface area contributed by atoms with E-state index in [0.717, 1.165) is 11.1 Å². The van der Waals surface area contributed by atoms with Gasteiger partial charge in [-0.15, -0.1) is 6.58 Å². The number of rotatable bonds is 14. The van der Waals surface area contributed by atoms with Crippen molar-refractivity contribution in [2.75, 3.05) is 13.1 Å².